The highest BCUT2D eigenvalue weighted by Crippen LogP contribution is 2.28. The quantitative estimate of drug-likeness (QED) is 0.685. The summed E-state index contributed by atoms with van der Waals surface area (Å²) in [5.74, 6) is 0. The minimum Gasteiger partial charge on any atom is -0.166 e. The Balaban J connectivity index is 2.36. The van der Waals surface area contributed by atoms with Gasteiger partial charge in [0.05, 0.1) is 5.56 Å². The van der Waals surface area contributed by atoms with E-state index in [9.17, 15) is 13.2 Å². The third-order valence-electron chi connectivity index (χ3n) is 2.94. The second-order valence-corrected chi connectivity index (χ2v) is 7.68. The van der Waals surface area contributed by atoms with Gasteiger partial charge in [0.15, 0.2) is 7.14 Å². The number of benzene rings is 2. The molecule has 0 radical (unpaired) electrons. The van der Waals surface area contributed by atoms with Crippen LogP contribution in [0.4, 0.5) is 13.2 Å². The molecular weight excluding hydrogens is 376 g/mol. The van der Waals surface area contributed by atoms with Crippen molar-refractivity contribution in [3.8, 4) is 0 Å². The van der Waals surface area contributed by atoms with E-state index in [1.165, 1.54) is 32.4 Å². The van der Waals surface area contributed by atoms with Crippen LogP contribution in [0.3, 0.4) is 0 Å². The van der Waals surface area contributed by atoms with Gasteiger partial charge in [0.25, 0.3) is 0 Å². The van der Waals surface area contributed by atoms with E-state index in [0.29, 0.717) is 0 Å². The summed E-state index contributed by atoms with van der Waals surface area (Å²) in [7, 11) is 0. The number of alkyl halides is 3. The standard InChI is InChI=1S/C16H15F3I/c1-10-7-11(2)15(12(3)8-10)20-14-6-4-5-13(9-14)16(17,18)19/h4-9H,1-3H3/q+1. The molecule has 0 amide bonds. The third-order valence-corrected chi connectivity index (χ3v) is 6.47. The van der Waals surface area contributed by atoms with E-state index in [0.717, 1.165) is 9.64 Å². The van der Waals surface area contributed by atoms with Crippen molar-refractivity contribution in [2.24, 2.45) is 0 Å². The molecule has 106 valence electrons. The topological polar surface area (TPSA) is 0 Å². The third kappa shape index (κ3) is 3.53. The maximum Gasteiger partial charge on any atom is 0.416 e. The van der Waals surface area contributed by atoms with Gasteiger partial charge < -0.3 is 0 Å². The van der Waals surface area contributed by atoms with E-state index < -0.39 is 32.9 Å². The highest BCUT2D eigenvalue weighted by atomic mass is 127. The molecule has 0 saturated carbocycles. The fourth-order valence-electron chi connectivity index (χ4n) is 2.14. The van der Waals surface area contributed by atoms with Crippen LogP contribution in [0.1, 0.15) is 22.3 Å². The van der Waals surface area contributed by atoms with Gasteiger partial charge >= 0.3 is 27.4 Å². The second-order valence-electron chi connectivity index (χ2n) is 4.82. The molecule has 0 atom stereocenters. The molecule has 0 spiro atoms. The zero-order chi connectivity index (χ0) is 14.9. The van der Waals surface area contributed by atoms with Gasteiger partial charge in [-0.15, -0.1) is 0 Å². The summed E-state index contributed by atoms with van der Waals surface area (Å²) >= 11 is -0.593. The van der Waals surface area contributed by atoms with Crippen LogP contribution < -0.4 is 21.2 Å². The van der Waals surface area contributed by atoms with E-state index in [1.54, 1.807) is 6.07 Å². The second kappa shape index (κ2) is 5.76. The number of aryl methyl sites for hydroxylation is 3. The molecule has 0 nitrogen and oxygen atoms in total. The van der Waals surface area contributed by atoms with Crippen LogP contribution >= 0.6 is 0 Å². The van der Waals surface area contributed by atoms with Crippen molar-refractivity contribution in [2.45, 2.75) is 26.9 Å². The summed E-state index contributed by atoms with van der Waals surface area (Å²) in [6.07, 6.45) is -4.27. The Kier molecular flexibility index (Phi) is 4.42. The molecule has 0 bridgehead atoms. The Bertz CT molecular complexity index is 607. The Morgan fingerprint density at radius 1 is 0.900 bits per heavy atom. The fraction of sp³-hybridized carbons (Fsp3) is 0.250. The molecule has 0 fully saturated rings. The lowest BCUT2D eigenvalue weighted by Gasteiger charge is -2.05. The minimum atomic E-state index is -4.27. The molecule has 0 unspecified atom stereocenters. The van der Waals surface area contributed by atoms with Gasteiger partial charge in [0, 0.05) is 17.2 Å². The summed E-state index contributed by atoms with van der Waals surface area (Å²) in [5.41, 5.74) is 2.98. The van der Waals surface area contributed by atoms with E-state index in [2.05, 4.69) is 12.1 Å². The number of halogens is 4. The predicted octanol–water partition coefficient (Wildman–Crippen LogP) is 1.76. The summed E-state index contributed by atoms with van der Waals surface area (Å²) in [4.78, 5) is 0. The Hall–Kier alpha value is -1.04. The molecule has 2 rings (SSSR count). The van der Waals surface area contributed by atoms with Crippen molar-refractivity contribution in [1.82, 2.24) is 0 Å². The van der Waals surface area contributed by atoms with Crippen molar-refractivity contribution in [2.75, 3.05) is 0 Å². The van der Waals surface area contributed by atoms with Crippen LogP contribution in [0.2, 0.25) is 0 Å². The largest absolute Gasteiger partial charge is 0.416 e. The average Bonchev–Trinajstić information content (AvgIpc) is 2.33. The number of rotatable bonds is 2. The zero-order valence-corrected chi connectivity index (χ0v) is 13.6. The molecule has 2 aromatic rings. The SMILES string of the molecule is Cc1cc(C)c([I+]c2cccc(C(F)(F)F)c2)c(C)c1. The zero-order valence-electron chi connectivity index (χ0n) is 11.5. The van der Waals surface area contributed by atoms with Crippen molar-refractivity contribution < 1.29 is 34.4 Å². The van der Waals surface area contributed by atoms with Crippen LogP contribution in [0.5, 0.6) is 0 Å². The first-order chi connectivity index (χ1) is 9.27. The van der Waals surface area contributed by atoms with Crippen molar-refractivity contribution in [3.05, 3.63) is 65.8 Å². The summed E-state index contributed by atoms with van der Waals surface area (Å²) < 4.78 is 40.2. The molecule has 0 aliphatic carbocycles. The Morgan fingerprint density at radius 3 is 2.05 bits per heavy atom. The van der Waals surface area contributed by atoms with Crippen molar-refractivity contribution in [3.63, 3.8) is 0 Å². The Morgan fingerprint density at radius 2 is 1.50 bits per heavy atom. The lowest BCUT2D eigenvalue weighted by molar-refractivity contribution is -0.598. The highest BCUT2D eigenvalue weighted by molar-refractivity contribution is 5.27. The van der Waals surface area contributed by atoms with Gasteiger partial charge in [0.2, 0.25) is 0 Å². The molecule has 2 aromatic carbocycles. The van der Waals surface area contributed by atoms with Crippen LogP contribution in [0.25, 0.3) is 0 Å². The molecule has 0 N–H and O–H groups in total. The lowest BCUT2D eigenvalue weighted by Crippen LogP contribution is -3.62. The van der Waals surface area contributed by atoms with Crippen LogP contribution in [0, 0.1) is 27.9 Å². The van der Waals surface area contributed by atoms with Gasteiger partial charge in [-0.1, -0.05) is 23.8 Å². The monoisotopic (exact) mass is 391 g/mol. The normalized spacial score (nSPS) is 11.7. The fourth-order valence-corrected chi connectivity index (χ4v) is 4.81. The van der Waals surface area contributed by atoms with Crippen LogP contribution in [-0.2, 0) is 6.18 Å². The van der Waals surface area contributed by atoms with Crippen LogP contribution in [-0.4, -0.2) is 0 Å². The van der Waals surface area contributed by atoms with Crippen molar-refractivity contribution >= 4 is 0 Å². The first kappa shape index (κ1) is 15.4. The molecule has 0 heterocycles. The summed E-state index contributed by atoms with van der Waals surface area (Å²) in [5, 5.41) is 0. The van der Waals surface area contributed by atoms with Crippen LogP contribution in [0.15, 0.2) is 36.4 Å². The maximum atomic E-state index is 12.7. The molecule has 4 heteroatoms. The van der Waals surface area contributed by atoms with Gasteiger partial charge in [0.1, 0.15) is 0 Å². The van der Waals surface area contributed by atoms with E-state index in [-0.39, 0.29) is 0 Å². The van der Waals surface area contributed by atoms with E-state index in [1.807, 2.05) is 20.8 Å². The maximum absolute atomic E-state index is 12.7. The molecule has 20 heavy (non-hydrogen) atoms. The lowest BCUT2D eigenvalue weighted by atomic mass is 10.1. The smallest absolute Gasteiger partial charge is 0.166 e. The molecule has 0 aliphatic heterocycles. The first-order valence-electron chi connectivity index (χ1n) is 6.17. The van der Waals surface area contributed by atoms with Gasteiger partial charge in [-0.3, -0.25) is 0 Å². The predicted molar refractivity (Wildman–Crippen MR) is 69.5 cm³/mol. The highest BCUT2D eigenvalue weighted by Gasteiger charge is 2.32. The van der Waals surface area contributed by atoms with Gasteiger partial charge in [-0.2, -0.15) is 13.2 Å². The number of hydrogen-bond acceptors (Lipinski definition) is 0. The average molecular weight is 391 g/mol. The molecule has 0 aromatic heterocycles. The number of hydrogen-bond donors (Lipinski definition) is 0. The molecule has 0 aliphatic rings. The summed E-state index contributed by atoms with van der Waals surface area (Å²) in [6, 6.07) is 9.89. The van der Waals surface area contributed by atoms with Gasteiger partial charge in [-0.25, -0.2) is 0 Å². The molecule has 0 saturated heterocycles. The first-order valence-corrected chi connectivity index (χ1v) is 8.33. The minimum absolute atomic E-state index is 0.558. The Labute approximate surface area is 127 Å². The summed E-state index contributed by atoms with van der Waals surface area (Å²) in [6.45, 7) is 6.09. The van der Waals surface area contributed by atoms with E-state index in [4.69, 9.17) is 0 Å². The van der Waals surface area contributed by atoms with Gasteiger partial charge in [-0.05, 0) is 32.9 Å². The van der Waals surface area contributed by atoms with E-state index >= 15 is 0 Å². The van der Waals surface area contributed by atoms with Crippen molar-refractivity contribution in [1.29, 1.82) is 0 Å². The molecular formula is C16H15F3I+.